The average Bonchev–Trinajstić information content (AvgIpc) is 3.20. The summed E-state index contributed by atoms with van der Waals surface area (Å²) >= 11 is 0. The fraction of sp³-hybridized carbons (Fsp3) is 0.385. The molecule has 1 aromatic carbocycles. The van der Waals surface area contributed by atoms with Gasteiger partial charge in [-0.1, -0.05) is 30.3 Å². The van der Waals surface area contributed by atoms with Crippen molar-refractivity contribution in [1.82, 2.24) is 5.43 Å². The summed E-state index contributed by atoms with van der Waals surface area (Å²) < 4.78 is 0. The molecule has 0 spiro atoms. The molecule has 1 aliphatic carbocycles. The highest BCUT2D eigenvalue weighted by Gasteiger charge is 2.25. The van der Waals surface area contributed by atoms with E-state index in [1.807, 2.05) is 13.0 Å². The molecule has 0 radical (unpaired) electrons. The van der Waals surface area contributed by atoms with E-state index in [0.29, 0.717) is 11.5 Å². The number of nitrogens with one attached hydrogen (secondary N) is 1. The van der Waals surface area contributed by atoms with Gasteiger partial charge in [0.25, 0.3) is 5.91 Å². The monoisotopic (exact) mass is 232 g/mol. The van der Waals surface area contributed by atoms with Gasteiger partial charge in [-0.3, -0.25) is 4.79 Å². The van der Waals surface area contributed by atoms with Crippen molar-refractivity contribution in [1.29, 1.82) is 0 Å². The predicted octanol–water partition coefficient (Wildman–Crippen LogP) is 1.62. The molecule has 0 bridgehead atoms. The van der Waals surface area contributed by atoms with Gasteiger partial charge in [-0.25, -0.2) is 5.43 Å². The van der Waals surface area contributed by atoms with E-state index in [4.69, 9.17) is 0 Å². The van der Waals surface area contributed by atoms with Crippen LogP contribution in [0.2, 0.25) is 0 Å². The molecule has 2 rings (SSSR count). The maximum atomic E-state index is 11.6. The van der Waals surface area contributed by atoms with Gasteiger partial charge in [0.05, 0.1) is 0 Å². The molecule has 2 N–H and O–H groups in total. The van der Waals surface area contributed by atoms with E-state index >= 15 is 0 Å². The molecule has 1 unspecified atom stereocenters. The number of aliphatic hydroxyl groups excluding tert-OH is 1. The standard InChI is InChI=1S/C13H16N2O2/c1-9(10-7-8-10)14-15-13(17)12(16)11-5-3-2-4-6-11/h2-6,10,12,16H,7-8H2,1H3,(H,15,17)/b14-9+. The molecule has 90 valence electrons. The minimum atomic E-state index is -1.16. The number of hydrazone groups is 1. The third-order valence-electron chi connectivity index (χ3n) is 2.87. The normalized spacial score (nSPS) is 17.6. The topological polar surface area (TPSA) is 61.7 Å². The average molecular weight is 232 g/mol. The molecule has 1 aliphatic rings. The van der Waals surface area contributed by atoms with E-state index < -0.39 is 12.0 Å². The van der Waals surface area contributed by atoms with Gasteiger partial charge in [0, 0.05) is 5.71 Å². The Labute approximate surface area is 100 Å². The maximum Gasteiger partial charge on any atom is 0.273 e. The number of hydrogen-bond acceptors (Lipinski definition) is 3. The lowest BCUT2D eigenvalue weighted by molar-refractivity contribution is -0.129. The largest absolute Gasteiger partial charge is 0.378 e. The smallest absolute Gasteiger partial charge is 0.273 e. The van der Waals surface area contributed by atoms with Crippen molar-refractivity contribution in [2.75, 3.05) is 0 Å². The highest BCUT2D eigenvalue weighted by atomic mass is 16.3. The zero-order chi connectivity index (χ0) is 12.3. The third kappa shape index (κ3) is 3.14. The van der Waals surface area contributed by atoms with Gasteiger partial charge in [0.1, 0.15) is 0 Å². The summed E-state index contributed by atoms with van der Waals surface area (Å²) in [6, 6.07) is 8.82. The first-order valence-electron chi connectivity index (χ1n) is 5.75. The second-order valence-corrected chi connectivity index (χ2v) is 4.32. The van der Waals surface area contributed by atoms with E-state index in [0.717, 1.165) is 18.6 Å². The number of aliphatic hydroxyl groups is 1. The van der Waals surface area contributed by atoms with E-state index in [1.54, 1.807) is 24.3 Å². The Bertz CT molecular complexity index is 424. The zero-order valence-electron chi connectivity index (χ0n) is 9.76. The number of rotatable bonds is 4. The van der Waals surface area contributed by atoms with Crippen LogP contribution in [0.25, 0.3) is 0 Å². The molecule has 0 saturated heterocycles. The molecule has 1 saturated carbocycles. The highest BCUT2D eigenvalue weighted by Crippen LogP contribution is 2.30. The Morgan fingerprint density at radius 2 is 2.06 bits per heavy atom. The Kier molecular flexibility index (Phi) is 3.54. The molecule has 0 aromatic heterocycles. The summed E-state index contributed by atoms with van der Waals surface area (Å²) in [5.74, 6) is 0.0281. The van der Waals surface area contributed by atoms with Crippen LogP contribution in [-0.4, -0.2) is 16.7 Å². The second kappa shape index (κ2) is 5.10. The first kappa shape index (κ1) is 11.8. The molecule has 4 nitrogen and oxygen atoms in total. The molecule has 1 amide bonds. The van der Waals surface area contributed by atoms with E-state index in [-0.39, 0.29) is 0 Å². The van der Waals surface area contributed by atoms with Gasteiger partial charge in [0.2, 0.25) is 0 Å². The van der Waals surface area contributed by atoms with Crippen LogP contribution in [0.3, 0.4) is 0 Å². The van der Waals surface area contributed by atoms with Gasteiger partial charge in [0.15, 0.2) is 6.10 Å². The molecular weight excluding hydrogens is 216 g/mol. The van der Waals surface area contributed by atoms with Crippen LogP contribution in [0.5, 0.6) is 0 Å². The summed E-state index contributed by atoms with van der Waals surface area (Å²) in [5, 5.41) is 13.8. The van der Waals surface area contributed by atoms with Crippen molar-refractivity contribution in [3.8, 4) is 0 Å². The Balaban J connectivity index is 1.93. The molecule has 0 aliphatic heterocycles. The second-order valence-electron chi connectivity index (χ2n) is 4.32. The molecule has 1 atom stereocenters. The predicted molar refractivity (Wildman–Crippen MR) is 65.4 cm³/mol. The highest BCUT2D eigenvalue weighted by molar-refractivity contribution is 5.88. The quantitative estimate of drug-likeness (QED) is 0.612. The van der Waals surface area contributed by atoms with Crippen LogP contribution in [0, 0.1) is 5.92 Å². The number of amides is 1. The van der Waals surface area contributed by atoms with Crippen molar-refractivity contribution in [2.24, 2.45) is 11.0 Å². The first-order valence-corrected chi connectivity index (χ1v) is 5.75. The fourth-order valence-electron chi connectivity index (χ4n) is 1.58. The third-order valence-corrected chi connectivity index (χ3v) is 2.87. The lowest BCUT2D eigenvalue weighted by Gasteiger charge is -2.09. The van der Waals surface area contributed by atoms with E-state index in [9.17, 15) is 9.90 Å². The van der Waals surface area contributed by atoms with Gasteiger partial charge >= 0.3 is 0 Å². The number of carbonyl (C=O) groups excluding carboxylic acids is 1. The number of nitrogens with zero attached hydrogens (tertiary/aromatic N) is 1. The summed E-state index contributed by atoms with van der Waals surface area (Å²) in [5.41, 5.74) is 3.90. The van der Waals surface area contributed by atoms with Crippen molar-refractivity contribution in [2.45, 2.75) is 25.9 Å². The molecule has 0 heterocycles. The van der Waals surface area contributed by atoms with Crippen LogP contribution < -0.4 is 5.43 Å². The van der Waals surface area contributed by atoms with Crippen LogP contribution >= 0.6 is 0 Å². The number of benzene rings is 1. The van der Waals surface area contributed by atoms with Crippen LogP contribution in [-0.2, 0) is 4.79 Å². The maximum absolute atomic E-state index is 11.6. The van der Waals surface area contributed by atoms with Crippen molar-refractivity contribution < 1.29 is 9.90 Å². The van der Waals surface area contributed by atoms with E-state index in [1.165, 1.54) is 0 Å². The fourth-order valence-corrected chi connectivity index (χ4v) is 1.58. The molecule has 1 aromatic rings. The summed E-state index contributed by atoms with van der Waals surface area (Å²) in [6.07, 6.45) is 1.13. The summed E-state index contributed by atoms with van der Waals surface area (Å²) in [7, 11) is 0. The zero-order valence-corrected chi connectivity index (χ0v) is 9.76. The lowest BCUT2D eigenvalue weighted by Crippen LogP contribution is -2.26. The summed E-state index contributed by atoms with van der Waals surface area (Å²) in [4.78, 5) is 11.6. The van der Waals surface area contributed by atoms with Crippen molar-refractivity contribution in [3.63, 3.8) is 0 Å². The Hall–Kier alpha value is -1.68. The first-order chi connectivity index (χ1) is 8.18. The lowest BCUT2D eigenvalue weighted by atomic mass is 10.1. The van der Waals surface area contributed by atoms with Crippen LogP contribution in [0.1, 0.15) is 31.4 Å². The van der Waals surface area contributed by atoms with Crippen molar-refractivity contribution >= 4 is 11.6 Å². The molecular formula is C13H16N2O2. The van der Waals surface area contributed by atoms with Crippen LogP contribution in [0.15, 0.2) is 35.4 Å². The van der Waals surface area contributed by atoms with Gasteiger partial charge in [-0.2, -0.15) is 5.10 Å². The molecule has 4 heteroatoms. The Morgan fingerprint density at radius 3 is 2.65 bits per heavy atom. The summed E-state index contributed by atoms with van der Waals surface area (Å²) in [6.45, 7) is 1.90. The van der Waals surface area contributed by atoms with E-state index in [2.05, 4.69) is 10.5 Å². The van der Waals surface area contributed by atoms with Gasteiger partial charge in [-0.05, 0) is 31.2 Å². The SMILES string of the molecule is C/C(=N\NC(=O)C(O)c1ccccc1)C1CC1. The van der Waals surface area contributed by atoms with Crippen molar-refractivity contribution in [3.05, 3.63) is 35.9 Å². The van der Waals surface area contributed by atoms with Gasteiger partial charge in [-0.15, -0.1) is 0 Å². The number of carbonyl (C=O) groups is 1. The molecule has 17 heavy (non-hydrogen) atoms. The minimum absolute atomic E-state index is 0.490. The molecule has 1 fully saturated rings. The minimum Gasteiger partial charge on any atom is -0.378 e. The Morgan fingerprint density at radius 1 is 1.41 bits per heavy atom. The van der Waals surface area contributed by atoms with Gasteiger partial charge < -0.3 is 5.11 Å². The van der Waals surface area contributed by atoms with Crippen LogP contribution in [0.4, 0.5) is 0 Å². The number of hydrogen-bond donors (Lipinski definition) is 2.